The Kier molecular flexibility index (Phi) is 9.40. The zero-order chi connectivity index (χ0) is 31.1. The summed E-state index contributed by atoms with van der Waals surface area (Å²) in [5.74, 6) is -67.8. The zero-order valence-electron chi connectivity index (χ0n) is 18.4. The third-order valence-corrected chi connectivity index (χ3v) is 4.75. The first-order valence-corrected chi connectivity index (χ1v) is 9.19. The summed E-state index contributed by atoms with van der Waals surface area (Å²) in [6.07, 6.45) is -7.90. The van der Waals surface area contributed by atoms with Crippen LogP contribution in [-0.2, 0) is 19.1 Å². The molecule has 4 nitrogen and oxygen atoms in total. The molecule has 0 fully saturated rings. The van der Waals surface area contributed by atoms with Gasteiger partial charge in [0.2, 0.25) is 0 Å². The maximum atomic E-state index is 13.9. The van der Waals surface area contributed by atoms with Crippen molar-refractivity contribution >= 4 is 11.9 Å². The van der Waals surface area contributed by atoms with Crippen molar-refractivity contribution < 1.29 is 89.3 Å². The summed E-state index contributed by atoms with van der Waals surface area (Å²) >= 11 is 0. The van der Waals surface area contributed by atoms with Crippen LogP contribution in [-0.4, -0.2) is 71.5 Å². The van der Waals surface area contributed by atoms with Crippen LogP contribution >= 0.6 is 0 Å². The Morgan fingerprint density at radius 3 is 0.868 bits per heavy atom. The molecule has 0 radical (unpaired) electrons. The lowest BCUT2D eigenvalue weighted by atomic mass is 9.86. The number of hydrogen-bond acceptors (Lipinski definition) is 4. The molecule has 0 amide bonds. The fourth-order valence-electron chi connectivity index (χ4n) is 2.31. The van der Waals surface area contributed by atoms with E-state index in [1.54, 1.807) is 0 Å². The topological polar surface area (TPSA) is 52.6 Å². The van der Waals surface area contributed by atoms with Gasteiger partial charge in [-0.25, -0.2) is 9.59 Å². The van der Waals surface area contributed by atoms with Gasteiger partial charge in [0.1, 0.15) is 0 Å². The molecule has 0 rings (SSSR count). The molecule has 0 bridgehead atoms. The molecule has 0 aliphatic carbocycles. The van der Waals surface area contributed by atoms with E-state index in [9.17, 15) is 79.8 Å². The van der Waals surface area contributed by atoms with Crippen LogP contribution in [0.4, 0.5) is 70.2 Å². The van der Waals surface area contributed by atoms with Crippen LogP contribution in [0, 0.1) is 0 Å². The average Bonchev–Trinajstić information content (AvgIpc) is 2.77. The third-order valence-electron chi connectivity index (χ3n) is 4.75. The van der Waals surface area contributed by atoms with Crippen LogP contribution in [0.3, 0.4) is 0 Å². The van der Waals surface area contributed by atoms with Gasteiger partial charge in [0.15, 0.2) is 12.2 Å². The standard InChI is InChI=1S/C18H14F16O4/c1-5-9(35)37-7(3)11(19,20)13(23,24)15(27,28)17(31,32)18(33,34)16(29,30)14(25,26)12(21,22)8(4)38-10(36)6-2/h5-8H,1-2H2,3-4H3. The highest BCUT2D eigenvalue weighted by Crippen LogP contribution is 2.64. The monoisotopic (exact) mass is 598 g/mol. The van der Waals surface area contributed by atoms with Crippen molar-refractivity contribution in [1.82, 2.24) is 0 Å². The molecule has 0 aromatic heterocycles. The van der Waals surface area contributed by atoms with Crippen LogP contribution in [0.15, 0.2) is 25.3 Å². The number of alkyl halides is 16. The molecule has 0 aromatic rings. The van der Waals surface area contributed by atoms with Gasteiger partial charge in [-0.15, -0.1) is 0 Å². The van der Waals surface area contributed by atoms with Crippen molar-refractivity contribution in [1.29, 1.82) is 0 Å². The van der Waals surface area contributed by atoms with Gasteiger partial charge in [-0.3, -0.25) is 0 Å². The number of carbonyl (C=O) groups excluding carboxylic acids is 2. The number of esters is 2. The molecule has 0 aliphatic rings. The molecule has 38 heavy (non-hydrogen) atoms. The lowest BCUT2D eigenvalue weighted by molar-refractivity contribution is -0.458. The molecular formula is C18H14F16O4. The van der Waals surface area contributed by atoms with Crippen LogP contribution in [0.2, 0.25) is 0 Å². The summed E-state index contributed by atoms with van der Waals surface area (Å²) in [6, 6.07) is 0. The van der Waals surface area contributed by atoms with Gasteiger partial charge in [-0.1, -0.05) is 13.2 Å². The van der Waals surface area contributed by atoms with Crippen molar-refractivity contribution in [3.05, 3.63) is 25.3 Å². The lowest BCUT2D eigenvalue weighted by Gasteiger charge is -2.44. The Bertz CT molecular complexity index is 853. The van der Waals surface area contributed by atoms with E-state index in [1.165, 1.54) is 0 Å². The van der Waals surface area contributed by atoms with Gasteiger partial charge >= 0.3 is 59.3 Å². The van der Waals surface area contributed by atoms with E-state index in [2.05, 4.69) is 22.6 Å². The molecule has 0 aliphatic heterocycles. The first-order valence-electron chi connectivity index (χ1n) is 9.19. The summed E-state index contributed by atoms with van der Waals surface area (Å²) in [5, 5.41) is 0. The second-order valence-corrected chi connectivity index (χ2v) is 7.26. The highest BCUT2D eigenvalue weighted by atomic mass is 19.4. The molecule has 0 aromatic carbocycles. The Hall–Kier alpha value is -2.70. The molecule has 0 saturated heterocycles. The van der Waals surface area contributed by atoms with Gasteiger partial charge in [0.25, 0.3) is 0 Å². The van der Waals surface area contributed by atoms with Gasteiger partial charge in [-0.2, -0.15) is 70.2 Å². The quantitative estimate of drug-likeness (QED) is 0.142. The number of rotatable bonds is 13. The second kappa shape index (κ2) is 10.1. The summed E-state index contributed by atoms with van der Waals surface area (Å²) < 4.78 is 229. The molecule has 222 valence electrons. The summed E-state index contributed by atoms with van der Waals surface area (Å²) in [4.78, 5) is 21.6. The number of halogens is 16. The Balaban J connectivity index is 6.86. The largest absolute Gasteiger partial charge is 0.453 e. The maximum absolute atomic E-state index is 13.9. The van der Waals surface area contributed by atoms with Crippen LogP contribution in [0.5, 0.6) is 0 Å². The molecule has 0 heterocycles. The van der Waals surface area contributed by atoms with Gasteiger partial charge in [-0.05, 0) is 13.8 Å². The zero-order valence-corrected chi connectivity index (χ0v) is 18.4. The van der Waals surface area contributed by atoms with Crippen molar-refractivity contribution in [2.45, 2.75) is 73.4 Å². The third kappa shape index (κ3) is 4.89. The molecular weight excluding hydrogens is 584 g/mol. The van der Waals surface area contributed by atoms with E-state index in [-0.39, 0.29) is 26.0 Å². The minimum absolute atomic E-state index is 0.0538. The van der Waals surface area contributed by atoms with E-state index < -0.39 is 71.5 Å². The van der Waals surface area contributed by atoms with E-state index in [4.69, 9.17) is 0 Å². The van der Waals surface area contributed by atoms with E-state index in [0.717, 1.165) is 0 Å². The second-order valence-electron chi connectivity index (χ2n) is 7.26. The highest BCUT2D eigenvalue weighted by Gasteiger charge is 2.95. The number of hydrogen-bond donors (Lipinski definition) is 0. The normalized spacial score (nSPS) is 16.4. The highest BCUT2D eigenvalue weighted by molar-refractivity contribution is 5.81. The van der Waals surface area contributed by atoms with Gasteiger partial charge < -0.3 is 9.47 Å². The van der Waals surface area contributed by atoms with E-state index in [0.29, 0.717) is 0 Å². The van der Waals surface area contributed by atoms with Crippen molar-refractivity contribution in [2.75, 3.05) is 0 Å². The molecule has 0 spiro atoms. The fourth-order valence-corrected chi connectivity index (χ4v) is 2.31. The molecule has 2 atom stereocenters. The maximum Gasteiger partial charge on any atom is 0.385 e. The summed E-state index contributed by atoms with van der Waals surface area (Å²) in [6.45, 7) is 4.36. The van der Waals surface area contributed by atoms with Gasteiger partial charge in [0.05, 0.1) is 0 Å². The fraction of sp³-hybridized carbons (Fsp3) is 0.667. The Labute approximate surface area is 201 Å². The Morgan fingerprint density at radius 1 is 0.500 bits per heavy atom. The van der Waals surface area contributed by atoms with Crippen LogP contribution in [0.1, 0.15) is 13.8 Å². The van der Waals surface area contributed by atoms with E-state index >= 15 is 0 Å². The lowest BCUT2D eigenvalue weighted by Crippen LogP contribution is -2.76. The number of ether oxygens (including phenoxy) is 2. The summed E-state index contributed by atoms with van der Waals surface area (Å²) in [5.41, 5.74) is 0. The molecule has 2 unspecified atom stereocenters. The van der Waals surface area contributed by atoms with Gasteiger partial charge in [0, 0.05) is 12.2 Å². The number of carbonyl (C=O) groups is 2. The SMILES string of the molecule is C=CC(=O)OC(C)C(F)(F)C(F)(F)C(F)(F)C(F)(F)C(F)(F)C(F)(F)C(F)(F)C(F)(F)C(C)OC(=O)C=C. The average molecular weight is 598 g/mol. The minimum Gasteiger partial charge on any atom is -0.453 e. The Morgan fingerprint density at radius 2 is 0.684 bits per heavy atom. The first-order chi connectivity index (χ1) is 16.5. The smallest absolute Gasteiger partial charge is 0.385 e. The van der Waals surface area contributed by atoms with Crippen molar-refractivity contribution in [2.24, 2.45) is 0 Å². The minimum atomic E-state index is -8.65. The molecule has 20 heteroatoms. The van der Waals surface area contributed by atoms with Crippen LogP contribution in [0.25, 0.3) is 0 Å². The summed E-state index contributed by atoms with van der Waals surface area (Å²) in [7, 11) is 0. The molecule has 0 N–H and O–H groups in total. The van der Waals surface area contributed by atoms with E-state index in [1.807, 2.05) is 0 Å². The van der Waals surface area contributed by atoms with Crippen LogP contribution < -0.4 is 0 Å². The predicted octanol–water partition coefficient (Wildman–Crippen LogP) is 6.30. The molecule has 0 saturated carbocycles. The van der Waals surface area contributed by atoms with Crippen molar-refractivity contribution in [3.63, 3.8) is 0 Å². The predicted molar refractivity (Wildman–Crippen MR) is 91.1 cm³/mol. The van der Waals surface area contributed by atoms with Crippen molar-refractivity contribution in [3.8, 4) is 0 Å². The first kappa shape index (κ1) is 35.3.